The summed E-state index contributed by atoms with van der Waals surface area (Å²) in [7, 11) is 0. The molecule has 1 aromatic carbocycles. The van der Waals surface area contributed by atoms with Crippen molar-refractivity contribution in [2.45, 2.75) is 39.5 Å². The number of hydrogen-bond acceptors (Lipinski definition) is 5. The van der Waals surface area contributed by atoms with Crippen LogP contribution in [0.15, 0.2) is 24.3 Å². The van der Waals surface area contributed by atoms with Crippen molar-refractivity contribution in [1.82, 2.24) is 0 Å². The minimum atomic E-state index is -2.44. The molecule has 0 saturated carbocycles. The molecule has 5 nitrogen and oxygen atoms in total. The molecule has 1 aromatic rings. The van der Waals surface area contributed by atoms with E-state index in [-0.39, 0.29) is 17.5 Å². The first-order chi connectivity index (χ1) is 8.74. The topological polar surface area (TPSA) is 61.6 Å². The van der Waals surface area contributed by atoms with Gasteiger partial charge in [-0.15, -0.1) is 0 Å². The number of benzene rings is 1. The van der Waals surface area contributed by atoms with E-state index in [1.54, 1.807) is 12.1 Å². The van der Waals surface area contributed by atoms with Crippen LogP contribution in [0.4, 0.5) is 5.69 Å². The molecule has 0 heterocycles. The van der Waals surface area contributed by atoms with Crippen molar-refractivity contribution in [3.63, 3.8) is 0 Å². The average Bonchev–Trinajstić information content (AvgIpc) is 2.28. The molecular weight excluding hydrogens is 285 g/mol. The predicted molar refractivity (Wildman–Crippen MR) is 79.4 cm³/mol. The molecule has 0 N–H and O–H groups in total. The fourth-order valence-electron chi connectivity index (χ4n) is 1.32. The Morgan fingerprint density at radius 2 is 1.74 bits per heavy atom. The Morgan fingerprint density at radius 1 is 1.21 bits per heavy atom. The van der Waals surface area contributed by atoms with Gasteiger partial charge in [0.1, 0.15) is 5.75 Å². The third-order valence-corrected chi connectivity index (χ3v) is 6.46. The number of nitrogens with zero attached hydrogens (tertiary/aromatic N) is 1. The van der Waals surface area contributed by atoms with Crippen molar-refractivity contribution in [3.8, 4) is 5.75 Å². The molecule has 1 unspecified atom stereocenters. The van der Waals surface area contributed by atoms with Crippen LogP contribution in [0.25, 0.3) is 0 Å². The average molecular weight is 303 g/mol. The third kappa shape index (κ3) is 4.56. The molecule has 1 rings (SSSR count). The lowest BCUT2D eigenvalue weighted by Crippen LogP contribution is -2.12. The summed E-state index contributed by atoms with van der Waals surface area (Å²) in [5, 5.41) is 10.6. The first-order valence-corrected chi connectivity index (χ1v) is 8.67. The molecule has 0 saturated heterocycles. The van der Waals surface area contributed by atoms with Crippen LogP contribution in [-0.2, 0) is 16.3 Å². The van der Waals surface area contributed by atoms with Crippen molar-refractivity contribution < 1.29 is 14.0 Å². The van der Waals surface area contributed by atoms with Crippen LogP contribution in [0.2, 0.25) is 0 Å². The van der Waals surface area contributed by atoms with E-state index in [1.165, 1.54) is 12.1 Å². The molecule has 0 spiro atoms. The van der Waals surface area contributed by atoms with Gasteiger partial charge >= 0.3 is 0 Å². The highest BCUT2D eigenvalue weighted by molar-refractivity contribution is 8.10. The van der Waals surface area contributed by atoms with Gasteiger partial charge in [-0.25, -0.2) is 0 Å². The summed E-state index contributed by atoms with van der Waals surface area (Å²) < 4.78 is 11.5. The second kappa shape index (κ2) is 6.46. The van der Waals surface area contributed by atoms with Gasteiger partial charge in [-0.05, 0) is 37.8 Å². The normalized spacial score (nSPS) is 14.4. The van der Waals surface area contributed by atoms with E-state index in [0.29, 0.717) is 5.75 Å². The fourth-order valence-corrected chi connectivity index (χ4v) is 3.59. The summed E-state index contributed by atoms with van der Waals surface area (Å²) in [4.78, 5) is 10.1. The Labute approximate surface area is 118 Å². The largest absolute Gasteiger partial charge is 0.443 e. The van der Waals surface area contributed by atoms with Gasteiger partial charge < -0.3 is 9.05 Å². The number of nitro groups is 1. The first kappa shape index (κ1) is 16.1. The maximum absolute atomic E-state index is 10.6. The molecule has 7 heteroatoms. The van der Waals surface area contributed by atoms with Crippen LogP contribution in [0.1, 0.15) is 27.7 Å². The Hall–Kier alpha value is -0.970. The van der Waals surface area contributed by atoms with Crippen molar-refractivity contribution in [1.29, 1.82) is 0 Å². The summed E-state index contributed by atoms with van der Waals surface area (Å²) in [6.07, 6.45) is -0.0220. The number of non-ortho nitro benzene ring substituents is 1. The van der Waals surface area contributed by atoms with Gasteiger partial charge in [-0.1, -0.05) is 13.8 Å². The zero-order chi connectivity index (χ0) is 14.6. The van der Waals surface area contributed by atoms with Gasteiger partial charge in [-0.2, -0.15) is 0 Å². The van der Waals surface area contributed by atoms with E-state index in [2.05, 4.69) is 0 Å². The summed E-state index contributed by atoms with van der Waals surface area (Å²) in [5.41, 5.74) is 0.0927. The van der Waals surface area contributed by atoms with Crippen LogP contribution in [0.5, 0.6) is 5.75 Å². The van der Waals surface area contributed by atoms with Gasteiger partial charge in [0.2, 0.25) is 6.49 Å². The molecule has 0 amide bonds. The third-order valence-electron chi connectivity index (χ3n) is 2.27. The SMILES string of the molecule is CC(C)OP(=S)(Oc1ccc([N+](=O)[O-])cc1)C(C)C. The highest BCUT2D eigenvalue weighted by Crippen LogP contribution is 2.54. The lowest BCUT2D eigenvalue weighted by atomic mass is 10.3. The van der Waals surface area contributed by atoms with Gasteiger partial charge in [0.05, 0.1) is 11.0 Å². The minimum Gasteiger partial charge on any atom is -0.443 e. The molecule has 0 fully saturated rings. The Bertz CT molecular complexity index is 487. The van der Waals surface area contributed by atoms with Crippen LogP contribution < -0.4 is 4.52 Å². The molecule has 0 aliphatic rings. The quantitative estimate of drug-likeness (QED) is 0.449. The lowest BCUT2D eigenvalue weighted by Gasteiger charge is -2.28. The highest BCUT2D eigenvalue weighted by Gasteiger charge is 2.27. The Morgan fingerprint density at radius 3 is 2.11 bits per heavy atom. The van der Waals surface area contributed by atoms with Crippen LogP contribution in [0, 0.1) is 10.1 Å². The smallest absolute Gasteiger partial charge is 0.269 e. The summed E-state index contributed by atoms with van der Waals surface area (Å²) in [6.45, 7) is 5.27. The lowest BCUT2D eigenvalue weighted by molar-refractivity contribution is -0.384. The van der Waals surface area contributed by atoms with Crippen LogP contribution >= 0.6 is 6.49 Å². The zero-order valence-corrected chi connectivity index (χ0v) is 13.1. The molecule has 106 valence electrons. The molecule has 0 aromatic heterocycles. The van der Waals surface area contributed by atoms with Crippen molar-refractivity contribution in [2.24, 2.45) is 0 Å². The first-order valence-electron chi connectivity index (χ1n) is 5.97. The van der Waals surface area contributed by atoms with E-state index in [4.69, 9.17) is 20.9 Å². The van der Waals surface area contributed by atoms with Gasteiger partial charge in [0.25, 0.3) is 5.69 Å². The van der Waals surface area contributed by atoms with Crippen molar-refractivity contribution in [2.75, 3.05) is 0 Å². The molecule has 0 aliphatic heterocycles. The number of nitro benzene ring substituents is 1. The predicted octanol–water partition coefficient (Wildman–Crippen LogP) is 4.12. The summed E-state index contributed by atoms with van der Waals surface area (Å²) >= 11 is 5.50. The number of hydrogen-bond donors (Lipinski definition) is 0. The van der Waals surface area contributed by atoms with E-state index in [0.717, 1.165) is 0 Å². The van der Waals surface area contributed by atoms with E-state index in [9.17, 15) is 10.1 Å². The number of rotatable bonds is 6. The summed E-state index contributed by atoms with van der Waals surface area (Å²) in [6, 6.07) is 5.88. The fraction of sp³-hybridized carbons (Fsp3) is 0.500. The maximum atomic E-state index is 10.6. The molecule has 1 atom stereocenters. The monoisotopic (exact) mass is 303 g/mol. The van der Waals surface area contributed by atoms with Crippen molar-refractivity contribution in [3.05, 3.63) is 34.4 Å². The van der Waals surface area contributed by atoms with E-state index in [1.807, 2.05) is 27.7 Å². The van der Waals surface area contributed by atoms with Crippen LogP contribution in [0.3, 0.4) is 0 Å². The molecule has 0 aliphatic carbocycles. The standard InChI is InChI=1S/C12H18NO4PS/c1-9(2)16-18(19,10(3)4)17-12-7-5-11(6-8-12)13(14)15/h5-10H,1-4H3. The highest BCUT2D eigenvalue weighted by atomic mass is 32.5. The van der Waals surface area contributed by atoms with Gasteiger partial charge in [-0.3, -0.25) is 10.1 Å². The molecule has 19 heavy (non-hydrogen) atoms. The minimum absolute atomic E-state index is 0.0220. The second-order valence-corrected chi connectivity index (χ2v) is 8.66. The molecule has 0 bridgehead atoms. The van der Waals surface area contributed by atoms with E-state index >= 15 is 0 Å². The molecule has 0 radical (unpaired) electrons. The van der Waals surface area contributed by atoms with Crippen LogP contribution in [-0.4, -0.2) is 16.7 Å². The summed E-state index contributed by atoms with van der Waals surface area (Å²) in [5.74, 6) is 0.503. The molecular formula is C12H18NO4PS. The van der Waals surface area contributed by atoms with Crippen molar-refractivity contribution >= 4 is 24.0 Å². The maximum Gasteiger partial charge on any atom is 0.269 e. The Balaban J connectivity index is 2.91. The van der Waals surface area contributed by atoms with Gasteiger partial charge in [0.15, 0.2) is 0 Å². The zero-order valence-electron chi connectivity index (χ0n) is 11.4. The Kier molecular flexibility index (Phi) is 5.47. The second-order valence-electron chi connectivity index (χ2n) is 4.63. The van der Waals surface area contributed by atoms with Gasteiger partial charge in [0, 0.05) is 17.8 Å². The van der Waals surface area contributed by atoms with E-state index < -0.39 is 11.4 Å².